The molecule has 1 saturated heterocycles. The van der Waals surface area contributed by atoms with Crippen LogP contribution in [0.1, 0.15) is 61.0 Å². The Kier molecular flexibility index (Phi) is 7.10. The standard InChI is InChI=1S/C23H27ClN2O2/c1-2-18-12-8-9-15-26(18)22(27)16-21(17-10-4-3-5-11-17)25-23(28)19-13-6-7-14-20(19)24/h3-7,10-11,13-14,18,21H,2,8-9,12,15-16H2,1H3,(H,25,28). The third-order valence-corrected chi connectivity index (χ3v) is 5.75. The number of carbonyl (C=O) groups is 2. The smallest absolute Gasteiger partial charge is 0.253 e. The molecule has 2 amide bonds. The van der Waals surface area contributed by atoms with Crippen molar-refractivity contribution in [1.82, 2.24) is 10.2 Å². The van der Waals surface area contributed by atoms with Gasteiger partial charge in [0.2, 0.25) is 5.91 Å². The normalized spacial score (nSPS) is 17.8. The molecule has 3 rings (SSSR count). The fraction of sp³-hybridized carbons (Fsp3) is 0.391. The minimum atomic E-state index is -0.392. The zero-order chi connectivity index (χ0) is 19.9. The van der Waals surface area contributed by atoms with Crippen molar-refractivity contribution in [3.63, 3.8) is 0 Å². The maximum atomic E-state index is 13.1. The minimum Gasteiger partial charge on any atom is -0.345 e. The van der Waals surface area contributed by atoms with Crippen LogP contribution in [0.3, 0.4) is 0 Å². The van der Waals surface area contributed by atoms with Crippen LogP contribution in [0.25, 0.3) is 0 Å². The molecule has 2 unspecified atom stereocenters. The second kappa shape index (κ2) is 9.74. The lowest BCUT2D eigenvalue weighted by Gasteiger charge is -2.36. The number of piperidine rings is 1. The molecule has 1 heterocycles. The highest BCUT2D eigenvalue weighted by atomic mass is 35.5. The lowest BCUT2D eigenvalue weighted by molar-refractivity contribution is -0.135. The van der Waals surface area contributed by atoms with Gasteiger partial charge in [-0.05, 0) is 43.4 Å². The van der Waals surface area contributed by atoms with Crippen molar-refractivity contribution in [2.75, 3.05) is 6.54 Å². The summed E-state index contributed by atoms with van der Waals surface area (Å²) in [5, 5.41) is 3.43. The van der Waals surface area contributed by atoms with Crippen molar-refractivity contribution >= 4 is 23.4 Å². The van der Waals surface area contributed by atoms with Crippen molar-refractivity contribution < 1.29 is 9.59 Å². The second-order valence-electron chi connectivity index (χ2n) is 7.27. The van der Waals surface area contributed by atoms with Crippen LogP contribution in [0.5, 0.6) is 0 Å². The largest absolute Gasteiger partial charge is 0.345 e. The van der Waals surface area contributed by atoms with Gasteiger partial charge in [0.25, 0.3) is 5.91 Å². The molecule has 5 heteroatoms. The molecule has 0 aromatic heterocycles. The zero-order valence-electron chi connectivity index (χ0n) is 16.2. The molecule has 4 nitrogen and oxygen atoms in total. The van der Waals surface area contributed by atoms with Crippen LogP contribution in [0.4, 0.5) is 0 Å². The number of halogens is 1. The van der Waals surface area contributed by atoms with Gasteiger partial charge in [-0.1, -0.05) is 61.0 Å². The van der Waals surface area contributed by atoms with Gasteiger partial charge in [0, 0.05) is 12.6 Å². The van der Waals surface area contributed by atoms with E-state index >= 15 is 0 Å². The Labute approximate surface area is 171 Å². The summed E-state index contributed by atoms with van der Waals surface area (Å²) in [7, 11) is 0. The van der Waals surface area contributed by atoms with Crippen LogP contribution in [-0.4, -0.2) is 29.3 Å². The Morgan fingerprint density at radius 1 is 1.11 bits per heavy atom. The number of rotatable bonds is 6. The summed E-state index contributed by atoms with van der Waals surface area (Å²) in [6.07, 6.45) is 4.49. The van der Waals surface area contributed by atoms with Crippen LogP contribution < -0.4 is 5.32 Å². The first kappa shape index (κ1) is 20.4. The summed E-state index contributed by atoms with van der Waals surface area (Å²) in [6.45, 7) is 2.93. The molecule has 28 heavy (non-hydrogen) atoms. The molecule has 1 fully saturated rings. The number of benzene rings is 2. The van der Waals surface area contributed by atoms with Crippen LogP contribution in [0.2, 0.25) is 5.02 Å². The fourth-order valence-corrected chi connectivity index (χ4v) is 4.09. The molecular formula is C23H27ClN2O2. The molecule has 0 radical (unpaired) electrons. The second-order valence-corrected chi connectivity index (χ2v) is 7.67. The van der Waals surface area contributed by atoms with E-state index in [0.717, 1.165) is 31.4 Å². The fourth-order valence-electron chi connectivity index (χ4n) is 3.86. The van der Waals surface area contributed by atoms with Gasteiger partial charge in [-0.3, -0.25) is 9.59 Å². The molecule has 2 aromatic carbocycles. The molecule has 1 aliphatic heterocycles. The molecule has 0 spiro atoms. The third kappa shape index (κ3) is 4.93. The number of likely N-dealkylation sites (tertiary alicyclic amines) is 1. The van der Waals surface area contributed by atoms with Crippen molar-refractivity contribution in [3.8, 4) is 0 Å². The highest BCUT2D eigenvalue weighted by molar-refractivity contribution is 6.33. The van der Waals surface area contributed by atoms with Crippen molar-refractivity contribution in [3.05, 3.63) is 70.7 Å². The molecule has 2 atom stereocenters. The number of carbonyl (C=O) groups excluding carboxylic acids is 2. The van der Waals surface area contributed by atoms with E-state index in [0.29, 0.717) is 16.6 Å². The number of nitrogens with zero attached hydrogens (tertiary/aromatic N) is 1. The van der Waals surface area contributed by atoms with Crippen LogP contribution in [0, 0.1) is 0 Å². The predicted molar refractivity (Wildman–Crippen MR) is 112 cm³/mol. The van der Waals surface area contributed by atoms with Crippen molar-refractivity contribution in [1.29, 1.82) is 0 Å². The summed E-state index contributed by atoms with van der Waals surface area (Å²) in [5.74, 6) is -0.169. The monoisotopic (exact) mass is 398 g/mol. The first-order valence-corrected chi connectivity index (χ1v) is 10.4. The van der Waals surface area contributed by atoms with Crippen molar-refractivity contribution in [2.45, 2.75) is 51.1 Å². The maximum Gasteiger partial charge on any atom is 0.253 e. The Hall–Kier alpha value is -2.33. The summed E-state index contributed by atoms with van der Waals surface area (Å²) < 4.78 is 0. The molecule has 0 aliphatic carbocycles. The first-order chi connectivity index (χ1) is 13.6. The maximum absolute atomic E-state index is 13.1. The van der Waals surface area contributed by atoms with E-state index in [9.17, 15) is 9.59 Å². The van der Waals surface area contributed by atoms with Gasteiger partial charge in [0.05, 0.1) is 23.0 Å². The predicted octanol–water partition coefficient (Wildman–Crippen LogP) is 4.99. The van der Waals surface area contributed by atoms with E-state index in [1.165, 1.54) is 6.42 Å². The van der Waals surface area contributed by atoms with E-state index in [1.807, 2.05) is 35.2 Å². The van der Waals surface area contributed by atoms with E-state index in [4.69, 9.17) is 11.6 Å². The Balaban J connectivity index is 1.79. The van der Waals surface area contributed by atoms with E-state index < -0.39 is 6.04 Å². The first-order valence-electron chi connectivity index (χ1n) is 10.00. The van der Waals surface area contributed by atoms with Gasteiger partial charge >= 0.3 is 0 Å². The Morgan fingerprint density at radius 2 is 1.82 bits per heavy atom. The molecule has 1 N–H and O–H groups in total. The average Bonchev–Trinajstić information content (AvgIpc) is 2.74. The zero-order valence-corrected chi connectivity index (χ0v) is 17.0. The molecule has 1 aliphatic rings. The minimum absolute atomic E-state index is 0.0971. The number of nitrogens with one attached hydrogen (secondary N) is 1. The number of amides is 2. The Morgan fingerprint density at radius 3 is 2.54 bits per heavy atom. The van der Waals surface area contributed by atoms with Crippen LogP contribution in [-0.2, 0) is 4.79 Å². The summed E-state index contributed by atoms with van der Waals surface area (Å²) >= 11 is 6.18. The average molecular weight is 399 g/mol. The van der Waals surface area contributed by atoms with Gasteiger partial charge in [0.15, 0.2) is 0 Å². The van der Waals surface area contributed by atoms with E-state index in [-0.39, 0.29) is 18.2 Å². The molecule has 0 saturated carbocycles. The quantitative estimate of drug-likeness (QED) is 0.744. The lowest BCUT2D eigenvalue weighted by Crippen LogP contribution is -2.45. The highest BCUT2D eigenvalue weighted by Crippen LogP contribution is 2.25. The molecule has 0 bridgehead atoms. The van der Waals surface area contributed by atoms with Gasteiger partial charge < -0.3 is 10.2 Å². The topological polar surface area (TPSA) is 49.4 Å². The Bertz CT molecular complexity index is 809. The van der Waals surface area contributed by atoms with E-state index in [1.54, 1.807) is 24.3 Å². The number of hydrogen-bond acceptors (Lipinski definition) is 2. The SMILES string of the molecule is CCC1CCCCN1C(=O)CC(NC(=O)c1ccccc1Cl)c1ccccc1. The lowest BCUT2D eigenvalue weighted by atomic mass is 9.97. The van der Waals surface area contributed by atoms with Gasteiger partial charge in [-0.15, -0.1) is 0 Å². The molecule has 148 valence electrons. The van der Waals surface area contributed by atoms with Crippen molar-refractivity contribution in [2.24, 2.45) is 0 Å². The summed E-state index contributed by atoms with van der Waals surface area (Å²) in [4.78, 5) is 27.9. The highest BCUT2D eigenvalue weighted by Gasteiger charge is 2.28. The van der Waals surface area contributed by atoms with Crippen LogP contribution in [0.15, 0.2) is 54.6 Å². The number of hydrogen-bond donors (Lipinski definition) is 1. The van der Waals surface area contributed by atoms with Crippen LogP contribution >= 0.6 is 11.6 Å². The van der Waals surface area contributed by atoms with Gasteiger partial charge in [-0.2, -0.15) is 0 Å². The summed E-state index contributed by atoms with van der Waals surface area (Å²) in [6, 6.07) is 16.5. The van der Waals surface area contributed by atoms with E-state index in [2.05, 4.69) is 12.2 Å². The molecule has 2 aromatic rings. The van der Waals surface area contributed by atoms with Gasteiger partial charge in [-0.25, -0.2) is 0 Å². The molecular weight excluding hydrogens is 372 g/mol. The summed E-state index contributed by atoms with van der Waals surface area (Å²) in [5.41, 5.74) is 1.34. The third-order valence-electron chi connectivity index (χ3n) is 5.42. The van der Waals surface area contributed by atoms with Gasteiger partial charge in [0.1, 0.15) is 0 Å².